The van der Waals surface area contributed by atoms with Gasteiger partial charge in [-0.2, -0.15) is 0 Å². The summed E-state index contributed by atoms with van der Waals surface area (Å²) in [5.41, 5.74) is -1.73. The Morgan fingerprint density at radius 1 is 0.754 bits per heavy atom. The van der Waals surface area contributed by atoms with Gasteiger partial charge in [-0.25, -0.2) is 4.79 Å². The first-order valence-electron chi connectivity index (χ1n) is 20.3. The van der Waals surface area contributed by atoms with Crippen molar-refractivity contribution in [3.63, 3.8) is 0 Å². The molecule has 40 heteroatoms. The van der Waals surface area contributed by atoms with Crippen molar-refractivity contribution in [3.8, 4) is 5.75 Å². The molecular weight excluding hydrogens is 1440 g/mol. The van der Waals surface area contributed by atoms with E-state index in [0.717, 1.165) is 16.7 Å². The van der Waals surface area contributed by atoms with Crippen molar-refractivity contribution in [2.24, 2.45) is 16.7 Å². The standard InChI is InChI=1S/C29H70O10P30/c1-15-18(37-57(41)68(64(50)51)69(65(52)53)66(54)55)12-29-24(35-25(32)36-29)23-27(4,11-19(22(15)26(29,2)3)38-59(62(46)47)67(56-40)63(48)49)21(39-58(60(42)43)61(44)45)10-20(31)28(23,14-30)34-13-16-6-8-17(33-5)9-7-16/h6-9,18-21,23-24,30-31,56H,10-14,40-55H2,1-5H3/t18-,19+,20+,21-,23-,24-,27+,28-,29+,57?,59?,67?,68?/m0/s1. The average Bonchev–Trinajstić information content (AvgIpc) is 3.58. The average molecular weight is 1510 g/mol. The van der Waals surface area contributed by atoms with E-state index in [1.54, 1.807) is 7.11 Å². The van der Waals surface area contributed by atoms with Crippen LogP contribution in [-0.4, -0.2) is 71.8 Å². The summed E-state index contributed by atoms with van der Waals surface area (Å²) in [6.45, 7) is 3.03. The summed E-state index contributed by atoms with van der Waals surface area (Å²) in [6.07, 6.45) is -3.50. The van der Waals surface area contributed by atoms with Crippen LogP contribution in [0.5, 0.6) is 5.75 Å². The molecule has 5 rings (SSSR count). The number of fused-ring (bicyclic) bond motifs is 3. The number of carbonyl (C=O) groups excluding carboxylic acids is 1. The number of hydrogen-bond acceptors (Lipinski definition) is 10. The van der Waals surface area contributed by atoms with E-state index in [9.17, 15) is 15.0 Å². The largest absolute Gasteiger partial charge is 0.509 e. The molecule has 0 radical (unpaired) electrons. The zero-order valence-corrected chi connectivity index (χ0v) is 69.6. The van der Waals surface area contributed by atoms with Crippen molar-refractivity contribution < 1.29 is 47.5 Å². The molecule has 2 saturated carbocycles. The van der Waals surface area contributed by atoms with Gasteiger partial charge in [0.25, 0.3) is 0 Å². The molecule has 0 aromatic heterocycles. The summed E-state index contributed by atoms with van der Waals surface area (Å²) >= 11 is 0. The third-order valence-electron chi connectivity index (χ3n) is 12.9. The number of hydrogen-bond donors (Lipinski definition) is 2. The van der Waals surface area contributed by atoms with Gasteiger partial charge in [0.15, 0.2) is 11.7 Å². The third-order valence-corrected chi connectivity index (χ3v) is 156. The van der Waals surface area contributed by atoms with E-state index in [4.69, 9.17) is 32.5 Å². The molecule has 1 heterocycles. The van der Waals surface area contributed by atoms with Gasteiger partial charge in [0.05, 0.1) is 67.3 Å². The minimum Gasteiger partial charge on any atom is -0.497 e. The summed E-state index contributed by atoms with van der Waals surface area (Å²) in [5, 5.41) is 25.2. The number of aliphatic hydroxyl groups is 2. The number of benzene rings is 1. The van der Waals surface area contributed by atoms with Crippen molar-refractivity contribution in [2.45, 2.75) is 95.3 Å². The van der Waals surface area contributed by atoms with Crippen LogP contribution in [0.3, 0.4) is 0 Å². The summed E-state index contributed by atoms with van der Waals surface area (Å²) in [6, 6.07) is 7.62. The summed E-state index contributed by atoms with van der Waals surface area (Å²) in [4.78, 5) is 14.5. The normalized spacial score (nSPS) is 32.4. The predicted molar refractivity (Wildman–Crippen MR) is 388 cm³/mol. The van der Waals surface area contributed by atoms with Crippen molar-refractivity contribution in [2.75, 3.05) is 13.7 Å². The molecule has 4 aliphatic rings. The molecule has 1 aromatic rings. The van der Waals surface area contributed by atoms with Gasteiger partial charge in [-0.1, -0.05) is 49.8 Å². The Kier molecular flexibility index (Phi) is 31.7. The number of carbonyl (C=O) groups is 1. The maximum atomic E-state index is 14.5. The second kappa shape index (κ2) is 31.0. The van der Waals surface area contributed by atoms with Gasteiger partial charge in [-0.15, -0.1) is 134 Å². The smallest absolute Gasteiger partial charge is 0.497 e. The molecule has 30 atom stereocenters. The van der Waals surface area contributed by atoms with E-state index in [1.807, 2.05) is 24.3 Å². The Balaban J connectivity index is 1.87. The molecule has 1 aliphatic heterocycles. The molecule has 1 aromatic carbocycles. The SMILES string of the molecule is COc1ccc(CO[C@@]2(CO)[C@H](O)C[C@H](OP(P(P)P)P(P)P)[C@@]3(C)C[C@@H](OP(P(P)P)P(PP)P(P)P)C4=C(C)[C@@H](OP(P)P(P(P)P)P(P(P)P)P(P)P)C[C@]5(OC(=O)O[C@H]5[C@@H]32)C4(C)C)cc1. The fourth-order valence-corrected chi connectivity index (χ4v) is 239. The number of aliphatic hydroxyl groups excluding tert-OH is 2. The zero-order valence-electron chi connectivity index (χ0n) is 38.5. The molecule has 10 nitrogen and oxygen atoms in total. The van der Waals surface area contributed by atoms with Gasteiger partial charge in [0, 0.05) is 43.6 Å². The fourth-order valence-electron chi connectivity index (χ4n) is 9.99. The molecule has 1 saturated heterocycles. The lowest BCUT2D eigenvalue weighted by Crippen LogP contribution is -2.75. The highest BCUT2D eigenvalue weighted by atomic mass is 33.3. The van der Waals surface area contributed by atoms with Gasteiger partial charge in [-0.3, -0.25) is 0 Å². The first kappa shape index (κ1) is 70.5. The van der Waals surface area contributed by atoms with Crippen LogP contribution in [0.1, 0.15) is 52.5 Å². The quantitative estimate of drug-likeness (QED) is 0.0659. The molecule has 3 fully saturated rings. The molecule has 1 spiro atoms. The Morgan fingerprint density at radius 3 is 1.80 bits per heavy atom. The summed E-state index contributed by atoms with van der Waals surface area (Å²) < 4.78 is 49.4. The maximum absolute atomic E-state index is 14.5. The highest BCUT2D eigenvalue weighted by Gasteiger charge is 2.77. The van der Waals surface area contributed by atoms with Crippen molar-refractivity contribution in [3.05, 3.63) is 41.0 Å². The Bertz CT molecular complexity index is 1890. The van der Waals surface area contributed by atoms with Gasteiger partial charge in [-0.05, 0) is 98.1 Å². The zero-order chi connectivity index (χ0) is 51.9. The fraction of sp³-hybridized carbons (Fsp3) is 0.690. The van der Waals surface area contributed by atoms with Crippen LogP contribution in [0.15, 0.2) is 35.4 Å². The minimum atomic E-state index is -1.64. The van der Waals surface area contributed by atoms with E-state index in [1.165, 1.54) is 0 Å². The molecule has 396 valence electrons. The van der Waals surface area contributed by atoms with Crippen LogP contribution < -0.4 is 4.74 Å². The van der Waals surface area contributed by atoms with Crippen LogP contribution in [0.4, 0.5) is 4.79 Å². The highest BCUT2D eigenvalue weighted by Crippen LogP contribution is 3.21. The van der Waals surface area contributed by atoms with Gasteiger partial charge < -0.3 is 42.7 Å². The van der Waals surface area contributed by atoms with Crippen LogP contribution in [0, 0.1) is 16.7 Å². The molecule has 2 N–H and O–H groups in total. The number of ether oxygens (including phenoxy) is 4. The lowest BCUT2D eigenvalue weighted by molar-refractivity contribution is -0.288. The van der Waals surface area contributed by atoms with Gasteiger partial charge in [0.2, 0.25) is 0 Å². The second-order valence-electron chi connectivity index (χ2n) is 17.1. The number of methoxy groups -OCH3 is 1. The van der Waals surface area contributed by atoms with E-state index < -0.39 is 143 Å². The lowest BCUT2D eigenvalue weighted by atomic mass is 9.46. The van der Waals surface area contributed by atoms with Crippen molar-refractivity contribution >= 4 is 249 Å². The molecule has 2 bridgehead atoms. The van der Waals surface area contributed by atoms with Crippen molar-refractivity contribution in [1.82, 2.24) is 0 Å². The van der Waals surface area contributed by atoms with Gasteiger partial charge in [0.1, 0.15) is 11.4 Å². The molecule has 0 amide bonds. The van der Waals surface area contributed by atoms with E-state index >= 15 is 0 Å². The van der Waals surface area contributed by atoms with Crippen LogP contribution in [0.2, 0.25) is 0 Å². The van der Waals surface area contributed by atoms with Crippen LogP contribution in [-0.2, 0) is 34.4 Å². The van der Waals surface area contributed by atoms with Crippen molar-refractivity contribution in [1.29, 1.82) is 0 Å². The molecule has 21 unspecified atom stereocenters. The first-order chi connectivity index (χ1) is 32.1. The third kappa shape index (κ3) is 16.1. The molecule has 3 aliphatic carbocycles. The topological polar surface area (TPSA) is 122 Å². The summed E-state index contributed by atoms with van der Waals surface area (Å²) in [5.74, 6) is -0.132. The Labute approximate surface area is 465 Å². The Morgan fingerprint density at radius 2 is 1.32 bits per heavy atom. The maximum Gasteiger partial charge on any atom is 0.509 e. The summed E-state index contributed by atoms with van der Waals surface area (Å²) in [7, 11) is 48.7. The highest BCUT2D eigenvalue weighted by molar-refractivity contribution is 9.25. The van der Waals surface area contributed by atoms with Gasteiger partial charge >= 0.3 is 6.16 Å². The predicted octanol–water partition coefficient (Wildman–Crippen LogP) is 20.3. The van der Waals surface area contributed by atoms with Crippen LogP contribution >= 0.6 is 243 Å². The molecule has 69 heavy (non-hydrogen) atoms. The first-order valence-corrected chi connectivity index (χ1v) is 72.5. The van der Waals surface area contributed by atoms with E-state index in [-0.39, 0.29) is 34.0 Å². The molecular formula is C29H70O10P30. The lowest BCUT2D eigenvalue weighted by Gasteiger charge is -2.65. The second-order valence-corrected chi connectivity index (χ2v) is 123. The minimum absolute atomic E-state index is 0.0745. The van der Waals surface area contributed by atoms with E-state index in [0.29, 0.717) is 26.5 Å². The van der Waals surface area contributed by atoms with E-state index in [2.05, 4.69) is 171 Å². The van der Waals surface area contributed by atoms with Crippen LogP contribution in [0.25, 0.3) is 0 Å². The monoisotopic (exact) mass is 1510 g/mol. The Hall–Kier alpha value is 10.7. The number of rotatable bonds is 22.